The van der Waals surface area contributed by atoms with Gasteiger partial charge in [-0.3, -0.25) is 4.79 Å². The van der Waals surface area contributed by atoms with Crippen LogP contribution in [0.5, 0.6) is 0 Å². The normalized spacial score (nSPS) is 13.9. The standard InChI is InChI=1S/C22H23N3O2/c1-27-15-16-7-6-9-18(13-16)23-22(26)19-14-17-8-2-3-10-20(17)24-21(19)25-11-4-5-12-25/h2-3,6-10,13-14H,4-5,11-12,15H2,1H3,(H,23,26). The van der Waals surface area contributed by atoms with Gasteiger partial charge >= 0.3 is 0 Å². The van der Waals surface area contributed by atoms with Crippen LogP contribution in [0.4, 0.5) is 11.5 Å². The minimum Gasteiger partial charge on any atom is -0.380 e. The number of rotatable bonds is 5. The zero-order valence-electron chi connectivity index (χ0n) is 15.4. The van der Waals surface area contributed by atoms with Crippen molar-refractivity contribution < 1.29 is 9.53 Å². The van der Waals surface area contributed by atoms with Crippen LogP contribution in [0.15, 0.2) is 54.6 Å². The van der Waals surface area contributed by atoms with E-state index in [9.17, 15) is 4.79 Å². The van der Waals surface area contributed by atoms with Crippen molar-refractivity contribution in [3.8, 4) is 0 Å². The number of pyridine rings is 1. The van der Waals surface area contributed by atoms with Crippen LogP contribution in [-0.2, 0) is 11.3 Å². The van der Waals surface area contributed by atoms with E-state index in [4.69, 9.17) is 9.72 Å². The smallest absolute Gasteiger partial charge is 0.259 e. The zero-order chi connectivity index (χ0) is 18.6. The first kappa shape index (κ1) is 17.5. The number of para-hydroxylation sites is 1. The number of hydrogen-bond donors (Lipinski definition) is 1. The average Bonchev–Trinajstić information content (AvgIpc) is 3.22. The van der Waals surface area contributed by atoms with Gasteiger partial charge in [-0.25, -0.2) is 4.98 Å². The van der Waals surface area contributed by atoms with Crippen LogP contribution in [0.3, 0.4) is 0 Å². The molecule has 27 heavy (non-hydrogen) atoms. The van der Waals surface area contributed by atoms with E-state index in [1.807, 2.05) is 54.6 Å². The number of hydrogen-bond acceptors (Lipinski definition) is 4. The van der Waals surface area contributed by atoms with Crippen LogP contribution in [0, 0.1) is 0 Å². The molecular formula is C22H23N3O2. The molecule has 5 nitrogen and oxygen atoms in total. The Kier molecular flexibility index (Phi) is 5.03. The lowest BCUT2D eigenvalue weighted by atomic mass is 10.1. The number of carbonyl (C=O) groups is 1. The largest absolute Gasteiger partial charge is 0.380 e. The summed E-state index contributed by atoms with van der Waals surface area (Å²) < 4.78 is 5.18. The SMILES string of the molecule is COCc1cccc(NC(=O)c2cc3ccccc3nc2N2CCCC2)c1. The topological polar surface area (TPSA) is 54.5 Å². The molecule has 0 bridgehead atoms. The van der Waals surface area contributed by atoms with Gasteiger partial charge in [0.25, 0.3) is 5.91 Å². The molecule has 0 atom stereocenters. The predicted octanol–water partition coefficient (Wildman–Crippen LogP) is 4.23. The van der Waals surface area contributed by atoms with Crippen molar-refractivity contribution >= 4 is 28.3 Å². The van der Waals surface area contributed by atoms with Crippen LogP contribution in [-0.4, -0.2) is 31.1 Å². The highest BCUT2D eigenvalue weighted by atomic mass is 16.5. The number of fused-ring (bicyclic) bond motifs is 1. The van der Waals surface area contributed by atoms with Crippen LogP contribution >= 0.6 is 0 Å². The van der Waals surface area contributed by atoms with Gasteiger partial charge in [0, 0.05) is 31.3 Å². The molecule has 0 aliphatic carbocycles. The molecule has 3 aromatic rings. The van der Waals surface area contributed by atoms with Crippen molar-refractivity contribution in [2.45, 2.75) is 19.4 Å². The van der Waals surface area contributed by atoms with Crippen molar-refractivity contribution in [3.05, 3.63) is 65.7 Å². The molecular weight excluding hydrogens is 338 g/mol. The Morgan fingerprint density at radius 3 is 2.74 bits per heavy atom. The third-order valence-electron chi connectivity index (χ3n) is 4.85. The lowest BCUT2D eigenvalue weighted by Gasteiger charge is -2.20. The first-order chi connectivity index (χ1) is 13.2. The van der Waals surface area contributed by atoms with Crippen LogP contribution < -0.4 is 10.2 Å². The summed E-state index contributed by atoms with van der Waals surface area (Å²) in [6, 6.07) is 17.6. The summed E-state index contributed by atoms with van der Waals surface area (Å²) in [4.78, 5) is 20.1. The molecule has 138 valence electrons. The van der Waals surface area contributed by atoms with Gasteiger partial charge in [-0.1, -0.05) is 30.3 Å². The van der Waals surface area contributed by atoms with E-state index in [1.54, 1.807) is 7.11 Å². The highest BCUT2D eigenvalue weighted by Gasteiger charge is 2.22. The molecule has 4 rings (SSSR count). The highest BCUT2D eigenvalue weighted by Crippen LogP contribution is 2.27. The number of amides is 1. The lowest BCUT2D eigenvalue weighted by molar-refractivity contribution is 0.102. The number of ether oxygens (including phenoxy) is 1. The Labute approximate surface area is 159 Å². The third-order valence-corrected chi connectivity index (χ3v) is 4.85. The summed E-state index contributed by atoms with van der Waals surface area (Å²) in [5.41, 5.74) is 3.31. The van der Waals surface area contributed by atoms with Gasteiger partial charge in [-0.05, 0) is 42.7 Å². The number of nitrogens with zero attached hydrogens (tertiary/aromatic N) is 2. The second-order valence-corrected chi connectivity index (χ2v) is 6.83. The monoisotopic (exact) mass is 361 g/mol. The van der Waals surface area contributed by atoms with Crippen LogP contribution in [0.25, 0.3) is 10.9 Å². The van der Waals surface area contributed by atoms with Gasteiger partial charge < -0.3 is 15.0 Å². The fraction of sp³-hybridized carbons (Fsp3) is 0.273. The van der Waals surface area contributed by atoms with Gasteiger partial charge in [0.05, 0.1) is 17.7 Å². The minimum atomic E-state index is -0.135. The van der Waals surface area contributed by atoms with Crippen LogP contribution in [0.2, 0.25) is 0 Å². The number of anilines is 2. The molecule has 0 saturated carbocycles. The van der Waals surface area contributed by atoms with E-state index in [2.05, 4.69) is 10.2 Å². The maximum Gasteiger partial charge on any atom is 0.259 e. The molecule has 0 radical (unpaired) electrons. The summed E-state index contributed by atoms with van der Waals surface area (Å²) in [7, 11) is 1.66. The number of benzene rings is 2. The Morgan fingerprint density at radius 1 is 1.11 bits per heavy atom. The molecule has 0 unspecified atom stereocenters. The molecule has 2 aromatic carbocycles. The lowest BCUT2D eigenvalue weighted by Crippen LogP contribution is -2.24. The summed E-state index contributed by atoms with van der Waals surface area (Å²) in [5.74, 6) is 0.640. The second-order valence-electron chi connectivity index (χ2n) is 6.83. The summed E-state index contributed by atoms with van der Waals surface area (Å²) in [6.07, 6.45) is 2.27. The number of methoxy groups -OCH3 is 1. The Hall–Kier alpha value is -2.92. The summed E-state index contributed by atoms with van der Waals surface area (Å²) in [5, 5.41) is 4.00. The predicted molar refractivity (Wildman–Crippen MR) is 108 cm³/mol. The van der Waals surface area contributed by atoms with E-state index in [0.717, 1.165) is 53.9 Å². The molecule has 1 saturated heterocycles. The van der Waals surface area contributed by atoms with Gasteiger partial charge in [0.15, 0.2) is 0 Å². The van der Waals surface area contributed by atoms with Crippen molar-refractivity contribution in [1.29, 1.82) is 0 Å². The quantitative estimate of drug-likeness (QED) is 0.739. The molecule has 1 N–H and O–H groups in total. The summed E-state index contributed by atoms with van der Waals surface area (Å²) >= 11 is 0. The molecule has 1 aromatic heterocycles. The van der Waals surface area contributed by atoms with E-state index in [1.165, 1.54) is 0 Å². The van der Waals surface area contributed by atoms with E-state index < -0.39 is 0 Å². The fourth-order valence-electron chi connectivity index (χ4n) is 3.55. The Morgan fingerprint density at radius 2 is 1.93 bits per heavy atom. The molecule has 2 heterocycles. The van der Waals surface area contributed by atoms with E-state index in [0.29, 0.717) is 12.2 Å². The third kappa shape index (κ3) is 3.78. The van der Waals surface area contributed by atoms with Gasteiger partial charge in [-0.15, -0.1) is 0 Å². The Balaban J connectivity index is 1.69. The highest BCUT2D eigenvalue weighted by molar-refractivity contribution is 6.09. The van der Waals surface area contributed by atoms with E-state index >= 15 is 0 Å². The molecule has 1 amide bonds. The average molecular weight is 361 g/mol. The molecule has 0 spiro atoms. The van der Waals surface area contributed by atoms with Crippen molar-refractivity contribution in [3.63, 3.8) is 0 Å². The van der Waals surface area contributed by atoms with Crippen molar-refractivity contribution in [2.24, 2.45) is 0 Å². The molecule has 1 aliphatic rings. The maximum atomic E-state index is 13.1. The number of aromatic nitrogens is 1. The van der Waals surface area contributed by atoms with Gasteiger partial charge in [-0.2, -0.15) is 0 Å². The van der Waals surface area contributed by atoms with Gasteiger partial charge in [0.1, 0.15) is 5.82 Å². The second kappa shape index (κ2) is 7.76. The fourth-order valence-corrected chi connectivity index (χ4v) is 3.55. The zero-order valence-corrected chi connectivity index (χ0v) is 15.4. The number of nitrogens with one attached hydrogen (secondary N) is 1. The molecule has 1 fully saturated rings. The van der Waals surface area contributed by atoms with Crippen LogP contribution in [0.1, 0.15) is 28.8 Å². The summed E-state index contributed by atoms with van der Waals surface area (Å²) in [6.45, 7) is 2.39. The van der Waals surface area contributed by atoms with Crippen molar-refractivity contribution in [2.75, 3.05) is 30.4 Å². The maximum absolute atomic E-state index is 13.1. The van der Waals surface area contributed by atoms with Gasteiger partial charge in [0.2, 0.25) is 0 Å². The molecule has 1 aliphatic heterocycles. The first-order valence-electron chi connectivity index (χ1n) is 9.28. The minimum absolute atomic E-state index is 0.135. The van der Waals surface area contributed by atoms with Crippen molar-refractivity contribution in [1.82, 2.24) is 4.98 Å². The number of carbonyl (C=O) groups excluding carboxylic acids is 1. The Bertz CT molecular complexity index is 965. The first-order valence-corrected chi connectivity index (χ1v) is 9.28. The van der Waals surface area contributed by atoms with E-state index in [-0.39, 0.29) is 5.91 Å². The molecule has 5 heteroatoms.